The number of methoxy groups -OCH3 is 2. The number of esters is 2. The van der Waals surface area contributed by atoms with E-state index in [0.717, 1.165) is 0 Å². The van der Waals surface area contributed by atoms with Gasteiger partial charge in [0.25, 0.3) is 0 Å². The molecule has 0 saturated carbocycles. The second kappa shape index (κ2) is 9.41. The van der Waals surface area contributed by atoms with Gasteiger partial charge in [0.1, 0.15) is 5.56 Å². The minimum Gasteiger partial charge on any atom is -0.493 e. The van der Waals surface area contributed by atoms with E-state index in [4.69, 9.17) is 18.9 Å². The molecule has 2 rings (SSSR count). The molecule has 0 saturated heterocycles. The summed E-state index contributed by atoms with van der Waals surface area (Å²) in [6, 6.07) is 7.85. The third-order valence-electron chi connectivity index (χ3n) is 3.72. The van der Waals surface area contributed by atoms with Crippen LogP contribution in [0.1, 0.15) is 35.3 Å². The maximum Gasteiger partial charge on any atom is 0.340 e. The molecule has 0 aliphatic carbocycles. The van der Waals surface area contributed by atoms with Gasteiger partial charge in [-0.1, -0.05) is 24.3 Å². The van der Waals surface area contributed by atoms with Crippen molar-refractivity contribution < 1.29 is 38.4 Å². The lowest BCUT2D eigenvalue weighted by Crippen LogP contribution is -2.08. The number of carbonyl (C=O) groups is 3. The molecular formula is C21H20O8. The van der Waals surface area contributed by atoms with E-state index >= 15 is 0 Å². The van der Waals surface area contributed by atoms with Crippen molar-refractivity contribution in [3.8, 4) is 23.0 Å². The van der Waals surface area contributed by atoms with Crippen molar-refractivity contribution in [2.24, 2.45) is 0 Å². The Morgan fingerprint density at radius 2 is 1.45 bits per heavy atom. The van der Waals surface area contributed by atoms with E-state index in [9.17, 15) is 19.5 Å². The van der Waals surface area contributed by atoms with Crippen LogP contribution in [0.4, 0.5) is 0 Å². The lowest BCUT2D eigenvalue weighted by molar-refractivity contribution is -0.132. The average molecular weight is 400 g/mol. The van der Waals surface area contributed by atoms with Crippen LogP contribution in [0.5, 0.6) is 23.0 Å². The first-order valence-electron chi connectivity index (χ1n) is 8.44. The van der Waals surface area contributed by atoms with Gasteiger partial charge in [0.15, 0.2) is 23.0 Å². The van der Waals surface area contributed by atoms with Gasteiger partial charge in [-0.25, -0.2) is 4.79 Å². The Hall–Kier alpha value is -3.81. The number of aromatic carboxylic acids is 1. The summed E-state index contributed by atoms with van der Waals surface area (Å²) < 4.78 is 20.4. The van der Waals surface area contributed by atoms with Crippen LogP contribution in [0.2, 0.25) is 0 Å². The van der Waals surface area contributed by atoms with Gasteiger partial charge in [-0.3, -0.25) is 9.59 Å². The quantitative estimate of drug-likeness (QED) is 0.428. The van der Waals surface area contributed by atoms with Crippen LogP contribution >= 0.6 is 0 Å². The zero-order valence-corrected chi connectivity index (χ0v) is 16.3. The molecule has 0 fully saturated rings. The molecule has 2 aromatic rings. The lowest BCUT2D eigenvalue weighted by Gasteiger charge is -2.13. The average Bonchev–Trinajstić information content (AvgIpc) is 2.66. The molecule has 0 aliphatic heterocycles. The largest absolute Gasteiger partial charge is 0.493 e. The molecule has 0 amide bonds. The Morgan fingerprint density at radius 1 is 0.828 bits per heavy atom. The molecule has 0 radical (unpaired) electrons. The van der Waals surface area contributed by atoms with Crippen molar-refractivity contribution in [2.75, 3.05) is 14.2 Å². The topological polar surface area (TPSA) is 108 Å². The Bertz CT molecular complexity index is 975. The number of hydrogen-bond donors (Lipinski definition) is 1. The van der Waals surface area contributed by atoms with E-state index in [1.54, 1.807) is 30.4 Å². The summed E-state index contributed by atoms with van der Waals surface area (Å²) in [5.74, 6) is -1.72. The third-order valence-corrected chi connectivity index (χ3v) is 3.72. The molecule has 0 atom stereocenters. The fourth-order valence-electron chi connectivity index (χ4n) is 2.59. The van der Waals surface area contributed by atoms with Crippen molar-refractivity contribution in [1.29, 1.82) is 0 Å². The SMILES string of the molecule is COc1cc(C=Cc2ccc(OC(C)=O)c(OC)c2C(=O)O)ccc1OC(C)=O. The van der Waals surface area contributed by atoms with Crippen LogP contribution in [-0.2, 0) is 9.59 Å². The number of carboxylic acid groups (broad SMARTS) is 1. The molecule has 152 valence electrons. The first-order chi connectivity index (χ1) is 13.8. The van der Waals surface area contributed by atoms with Crippen LogP contribution in [0.25, 0.3) is 12.2 Å². The minimum atomic E-state index is -1.24. The number of benzene rings is 2. The normalized spacial score (nSPS) is 10.5. The van der Waals surface area contributed by atoms with E-state index in [0.29, 0.717) is 16.9 Å². The molecule has 0 aromatic heterocycles. The Morgan fingerprint density at radius 3 is 2.00 bits per heavy atom. The Kier molecular flexibility index (Phi) is 6.97. The summed E-state index contributed by atoms with van der Waals surface area (Å²) in [6.07, 6.45) is 3.23. The Balaban J connectivity index is 2.45. The summed E-state index contributed by atoms with van der Waals surface area (Å²) in [5, 5.41) is 9.61. The van der Waals surface area contributed by atoms with Crippen LogP contribution in [0.15, 0.2) is 30.3 Å². The summed E-state index contributed by atoms with van der Waals surface area (Å²) in [5.41, 5.74) is 0.872. The van der Waals surface area contributed by atoms with Gasteiger partial charge in [-0.05, 0) is 29.3 Å². The highest BCUT2D eigenvalue weighted by atomic mass is 16.6. The van der Waals surface area contributed by atoms with Gasteiger partial charge >= 0.3 is 17.9 Å². The first kappa shape index (κ1) is 21.5. The van der Waals surface area contributed by atoms with Crippen LogP contribution in [0.3, 0.4) is 0 Å². The second-order valence-corrected chi connectivity index (χ2v) is 5.80. The number of carbonyl (C=O) groups excluding carboxylic acids is 2. The van der Waals surface area contributed by atoms with E-state index in [2.05, 4.69) is 0 Å². The van der Waals surface area contributed by atoms with Crippen molar-refractivity contribution in [3.05, 3.63) is 47.0 Å². The predicted octanol–water partition coefficient (Wildman–Crippen LogP) is 3.42. The summed E-state index contributed by atoms with van der Waals surface area (Å²) in [4.78, 5) is 34.1. The van der Waals surface area contributed by atoms with Gasteiger partial charge in [0.2, 0.25) is 0 Å². The fraction of sp³-hybridized carbons (Fsp3) is 0.190. The highest BCUT2D eigenvalue weighted by molar-refractivity contribution is 5.98. The second-order valence-electron chi connectivity index (χ2n) is 5.80. The molecule has 0 bridgehead atoms. The molecule has 8 nitrogen and oxygen atoms in total. The fourth-order valence-corrected chi connectivity index (χ4v) is 2.59. The van der Waals surface area contributed by atoms with Crippen LogP contribution < -0.4 is 18.9 Å². The van der Waals surface area contributed by atoms with Crippen molar-refractivity contribution in [2.45, 2.75) is 13.8 Å². The Labute approximate surface area is 167 Å². The standard InChI is InChI=1S/C21H20O8/c1-12(22)28-16-9-6-14(11-18(16)26-3)5-7-15-8-10-17(29-13(2)23)20(27-4)19(15)21(24)25/h5-11H,1-4H3,(H,24,25). The zero-order valence-electron chi connectivity index (χ0n) is 16.3. The van der Waals surface area contributed by atoms with Gasteiger partial charge < -0.3 is 24.1 Å². The van der Waals surface area contributed by atoms with Gasteiger partial charge in [-0.15, -0.1) is 0 Å². The summed E-state index contributed by atoms with van der Waals surface area (Å²) >= 11 is 0. The van der Waals surface area contributed by atoms with Crippen LogP contribution in [-0.4, -0.2) is 37.2 Å². The summed E-state index contributed by atoms with van der Waals surface area (Å²) in [7, 11) is 2.73. The molecule has 0 aliphatic rings. The van der Waals surface area contributed by atoms with Gasteiger partial charge in [0.05, 0.1) is 14.2 Å². The first-order valence-corrected chi connectivity index (χ1v) is 8.44. The number of rotatable bonds is 7. The van der Waals surface area contributed by atoms with Gasteiger partial charge in [-0.2, -0.15) is 0 Å². The zero-order chi connectivity index (χ0) is 21.6. The van der Waals surface area contributed by atoms with Crippen LogP contribution in [0, 0.1) is 0 Å². The van der Waals surface area contributed by atoms with E-state index in [-0.39, 0.29) is 22.8 Å². The van der Waals surface area contributed by atoms with Crippen molar-refractivity contribution in [1.82, 2.24) is 0 Å². The monoisotopic (exact) mass is 400 g/mol. The number of hydrogen-bond acceptors (Lipinski definition) is 7. The minimum absolute atomic E-state index is 0.0157. The van der Waals surface area contributed by atoms with Gasteiger partial charge in [0, 0.05) is 13.8 Å². The number of ether oxygens (including phenoxy) is 4. The molecule has 8 heteroatoms. The molecule has 0 spiro atoms. The highest BCUT2D eigenvalue weighted by Gasteiger charge is 2.21. The maximum absolute atomic E-state index is 11.8. The molecule has 0 heterocycles. The lowest BCUT2D eigenvalue weighted by atomic mass is 10.0. The molecule has 2 aromatic carbocycles. The van der Waals surface area contributed by atoms with E-state index in [1.807, 2.05) is 0 Å². The maximum atomic E-state index is 11.8. The summed E-state index contributed by atoms with van der Waals surface area (Å²) in [6.45, 7) is 2.49. The van der Waals surface area contributed by atoms with Crippen molar-refractivity contribution in [3.63, 3.8) is 0 Å². The molecule has 0 unspecified atom stereocenters. The van der Waals surface area contributed by atoms with Crippen molar-refractivity contribution >= 4 is 30.1 Å². The molecule has 1 N–H and O–H groups in total. The highest BCUT2D eigenvalue weighted by Crippen LogP contribution is 2.35. The number of carboxylic acids is 1. The third kappa shape index (κ3) is 5.35. The predicted molar refractivity (Wildman–Crippen MR) is 104 cm³/mol. The molecule has 29 heavy (non-hydrogen) atoms. The molecular weight excluding hydrogens is 380 g/mol. The van der Waals surface area contributed by atoms with E-state index < -0.39 is 17.9 Å². The smallest absolute Gasteiger partial charge is 0.340 e. The van der Waals surface area contributed by atoms with E-state index in [1.165, 1.54) is 40.2 Å².